The highest BCUT2D eigenvalue weighted by atomic mass is 16.5. The molecule has 0 radical (unpaired) electrons. The number of hydrogen-bond donors (Lipinski definition) is 1. The minimum absolute atomic E-state index is 0.122. The van der Waals surface area contributed by atoms with Gasteiger partial charge in [-0.1, -0.05) is 36.4 Å². The van der Waals surface area contributed by atoms with Crippen molar-refractivity contribution >= 4 is 5.91 Å². The third kappa shape index (κ3) is 3.99. The summed E-state index contributed by atoms with van der Waals surface area (Å²) in [6.07, 6.45) is 5.52. The van der Waals surface area contributed by atoms with Crippen LogP contribution in [0.4, 0.5) is 0 Å². The van der Waals surface area contributed by atoms with Crippen LogP contribution >= 0.6 is 0 Å². The van der Waals surface area contributed by atoms with Gasteiger partial charge in [0.2, 0.25) is 0 Å². The molecule has 0 spiro atoms. The second-order valence-corrected chi connectivity index (χ2v) is 7.31. The van der Waals surface area contributed by atoms with Crippen LogP contribution in [-0.2, 0) is 4.74 Å². The van der Waals surface area contributed by atoms with Crippen molar-refractivity contribution < 1.29 is 9.53 Å². The molecule has 1 aliphatic rings. The van der Waals surface area contributed by atoms with E-state index in [2.05, 4.69) is 34.2 Å². The molecule has 2 heterocycles. The third-order valence-electron chi connectivity index (χ3n) is 5.46. The normalized spacial score (nSPS) is 15.0. The highest BCUT2D eigenvalue weighted by molar-refractivity contribution is 5.94. The molecular formula is C23H25N3O2. The molecule has 1 amide bonds. The van der Waals surface area contributed by atoms with Crippen molar-refractivity contribution in [2.45, 2.75) is 12.8 Å². The van der Waals surface area contributed by atoms with Gasteiger partial charge in [-0.05, 0) is 47.6 Å². The van der Waals surface area contributed by atoms with Gasteiger partial charge in [-0.2, -0.15) is 0 Å². The molecule has 5 heteroatoms. The van der Waals surface area contributed by atoms with E-state index in [0.717, 1.165) is 60.5 Å². The van der Waals surface area contributed by atoms with E-state index in [-0.39, 0.29) is 5.91 Å². The molecule has 28 heavy (non-hydrogen) atoms. The average molecular weight is 375 g/mol. The zero-order valence-electron chi connectivity index (χ0n) is 16.1. The zero-order chi connectivity index (χ0) is 19.3. The van der Waals surface area contributed by atoms with E-state index in [4.69, 9.17) is 4.74 Å². The Bertz CT molecular complexity index is 894. The monoisotopic (exact) mass is 375 g/mol. The number of hydrogen-bond acceptors (Lipinski definition) is 3. The lowest BCUT2D eigenvalue weighted by Gasteiger charge is -2.31. The summed E-state index contributed by atoms with van der Waals surface area (Å²) in [4.78, 5) is 21.9. The number of carbonyl (C=O) groups excluding carboxylic acids is 1. The van der Waals surface area contributed by atoms with Crippen LogP contribution in [0, 0.1) is 5.92 Å². The lowest BCUT2D eigenvalue weighted by molar-refractivity contribution is 0.0613. The van der Waals surface area contributed by atoms with E-state index < -0.39 is 0 Å². The number of benzene rings is 2. The first-order valence-electron chi connectivity index (χ1n) is 9.72. The van der Waals surface area contributed by atoms with Gasteiger partial charge < -0.3 is 14.6 Å². The maximum Gasteiger partial charge on any atom is 0.253 e. The van der Waals surface area contributed by atoms with Gasteiger partial charge in [0.25, 0.3) is 5.91 Å². The summed E-state index contributed by atoms with van der Waals surface area (Å²) >= 11 is 0. The zero-order valence-corrected chi connectivity index (χ0v) is 16.1. The van der Waals surface area contributed by atoms with Crippen LogP contribution in [0.2, 0.25) is 0 Å². The number of ether oxygens (including phenoxy) is 1. The maximum absolute atomic E-state index is 12.8. The van der Waals surface area contributed by atoms with Crippen LogP contribution in [0.1, 0.15) is 23.2 Å². The van der Waals surface area contributed by atoms with Gasteiger partial charge in [0.05, 0.1) is 18.2 Å². The number of likely N-dealkylation sites (tertiary alicyclic amines) is 1. The summed E-state index contributed by atoms with van der Waals surface area (Å²) in [6, 6.07) is 16.2. The topological polar surface area (TPSA) is 58.2 Å². The highest BCUT2D eigenvalue weighted by Gasteiger charge is 2.23. The molecule has 1 saturated heterocycles. The molecule has 1 fully saturated rings. The number of H-pyrrole nitrogens is 1. The van der Waals surface area contributed by atoms with Gasteiger partial charge in [-0.25, -0.2) is 4.98 Å². The Kier molecular flexibility index (Phi) is 5.53. The summed E-state index contributed by atoms with van der Waals surface area (Å²) in [5.41, 5.74) is 5.09. The standard InChI is InChI=1S/C23H25N3O2/c1-28-15-17-10-12-26(13-11-17)23(27)21-8-4-19(5-9-21)18-2-6-20(7-3-18)22-14-24-16-25-22/h2-9,14,16-17H,10-13,15H2,1H3,(H,24,25). The molecule has 144 valence electrons. The fourth-order valence-corrected chi connectivity index (χ4v) is 3.78. The minimum atomic E-state index is 0.122. The van der Waals surface area contributed by atoms with E-state index in [1.807, 2.05) is 35.4 Å². The lowest BCUT2D eigenvalue weighted by atomic mass is 9.97. The molecule has 4 rings (SSSR count). The Morgan fingerprint density at radius 3 is 2.21 bits per heavy atom. The molecule has 1 N–H and O–H groups in total. The van der Waals surface area contributed by atoms with Crippen LogP contribution in [-0.4, -0.2) is 47.6 Å². The SMILES string of the molecule is COCC1CCN(C(=O)c2ccc(-c3ccc(-c4cnc[nH]4)cc3)cc2)CC1. The summed E-state index contributed by atoms with van der Waals surface area (Å²) < 4.78 is 5.24. The molecule has 0 atom stereocenters. The molecule has 0 aliphatic carbocycles. The van der Waals surface area contributed by atoms with Crippen molar-refractivity contribution in [3.8, 4) is 22.4 Å². The fraction of sp³-hybridized carbons (Fsp3) is 0.304. The smallest absolute Gasteiger partial charge is 0.253 e. The molecule has 0 bridgehead atoms. The Hall–Kier alpha value is -2.92. The number of aromatic nitrogens is 2. The van der Waals surface area contributed by atoms with Crippen molar-refractivity contribution in [2.75, 3.05) is 26.8 Å². The first-order valence-corrected chi connectivity index (χ1v) is 9.72. The molecule has 0 unspecified atom stereocenters. The Balaban J connectivity index is 1.42. The Labute approximate surface area is 165 Å². The molecule has 3 aromatic rings. The number of rotatable bonds is 5. The average Bonchev–Trinajstić information content (AvgIpc) is 3.29. The van der Waals surface area contributed by atoms with E-state index in [1.54, 1.807) is 13.4 Å². The molecule has 5 nitrogen and oxygen atoms in total. The minimum Gasteiger partial charge on any atom is -0.384 e. The molecule has 0 saturated carbocycles. The second kappa shape index (κ2) is 8.40. The molecule has 1 aromatic heterocycles. The number of amides is 1. The van der Waals surface area contributed by atoms with Crippen LogP contribution in [0.5, 0.6) is 0 Å². The quantitative estimate of drug-likeness (QED) is 0.726. The summed E-state index contributed by atoms with van der Waals surface area (Å²) in [6.45, 7) is 2.41. The van der Waals surface area contributed by atoms with Crippen molar-refractivity contribution in [3.63, 3.8) is 0 Å². The summed E-state index contributed by atoms with van der Waals surface area (Å²) in [7, 11) is 1.74. The fourth-order valence-electron chi connectivity index (χ4n) is 3.78. The number of nitrogens with one attached hydrogen (secondary N) is 1. The third-order valence-corrected chi connectivity index (χ3v) is 5.46. The van der Waals surface area contributed by atoms with E-state index in [9.17, 15) is 4.79 Å². The highest BCUT2D eigenvalue weighted by Crippen LogP contribution is 2.25. The van der Waals surface area contributed by atoms with Crippen molar-refractivity contribution in [1.82, 2.24) is 14.9 Å². The van der Waals surface area contributed by atoms with Gasteiger partial charge in [-0.3, -0.25) is 4.79 Å². The van der Waals surface area contributed by atoms with Crippen molar-refractivity contribution in [3.05, 3.63) is 66.6 Å². The number of aromatic amines is 1. The van der Waals surface area contributed by atoms with Crippen LogP contribution in [0.25, 0.3) is 22.4 Å². The number of methoxy groups -OCH3 is 1. The molecular weight excluding hydrogens is 350 g/mol. The predicted molar refractivity (Wildman–Crippen MR) is 110 cm³/mol. The molecule has 1 aliphatic heterocycles. The maximum atomic E-state index is 12.8. The van der Waals surface area contributed by atoms with Crippen LogP contribution in [0.15, 0.2) is 61.1 Å². The second-order valence-electron chi connectivity index (χ2n) is 7.31. The van der Waals surface area contributed by atoms with Gasteiger partial charge in [0.1, 0.15) is 0 Å². The van der Waals surface area contributed by atoms with Crippen molar-refractivity contribution in [1.29, 1.82) is 0 Å². The first-order chi connectivity index (χ1) is 13.7. The Morgan fingerprint density at radius 1 is 1.04 bits per heavy atom. The van der Waals surface area contributed by atoms with Gasteiger partial charge in [0.15, 0.2) is 0 Å². The van der Waals surface area contributed by atoms with Crippen LogP contribution in [0.3, 0.4) is 0 Å². The van der Waals surface area contributed by atoms with Gasteiger partial charge in [0, 0.05) is 32.4 Å². The van der Waals surface area contributed by atoms with E-state index in [0.29, 0.717) is 5.92 Å². The lowest BCUT2D eigenvalue weighted by Crippen LogP contribution is -2.39. The van der Waals surface area contributed by atoms with Gasteiger partial charge in [-0.15, -0.1) is 0 Å². The summed E-state index contributed by atoms with van der Waals surface area (Å²) in [5, 5.41) is 0. The Morgan fingerprint density at radius 2 is 1.64 bits per heavy atom. The van der Waals surface area contributed by atoms with E-state index in [1.165, 1.54) is 0 Å². The van der Waals surface area contributed by atoms with E-state index >= 15 is 0 Å². The summed E-state index contributed by atoms with van der Waals surface area (Å²) in [5.74, 6) is 0.693. The largest absolute Gasteiger partial charge is 0.384 e. The van der Waals surface area contributed by atoms with Crippen molar-refractivity contribution in [2.24, 2.45) is 5.92 Å². The van der Waals surface area contributed by atoms with Gasteiger partial charge >= 0.3 is 0 Å². The van der Waals surface area contributed by atoms with Crippen LogP contribution < -0.4 is 0 Å². The number of nitrogens with zero attached hydrogens (tertiary/aromatic N) is 2. The predicted octanol–water partition coefficient (Wildman–Crippen LogP) is 4.24. The molecule has 2 aromatic carbocycles. The number of carbonyl (C=O) groups is 1. The first kappa shape index (κ1) is 18.4. The number of imidazole rings is 1. The number of piperidine rings is 1.